The molecule has 262 valence electrons. The Hall–Kier alpha value is -7.63. The number of hydrogen-bond donors (Lipinski definition) is 0. The average Bonchev–Trinajstić information content (AvgIpc) is 3.91. The Morgan fingerprint density at radius 2 is 0.893 bits per heavy atom. The molecule has 3 heterocycles. The first-order valence-electron chi connectivity index (χ1n) is 23.1. The standard InChI is InChI=1S/C51H33N5/c1-4-16-34(17-5-1)35-28-30-38(31-29-35)50-52-49(37-20-8-3-9-21-37)53-51(54-50)56-44-26-14-11-23-40(44)41-32-33-46-47(48(41)56)42-24-12-15-27-45(42)55(46)43-25-13-10-22-39(43)36-18-6-2-7-19-36/h1-33H/i11D,12D,14D,15D,23D,24D,26D,27D,32D,33D. The monoisotopic (exact) mass is 725 g/mol. The maximum atomic E-state index is 9.83. The second-order valence-corrected chi connectivity index (χ2v) is 13.3. The first kappa shape index (κ1) is 23.2. The number of rotatable bonds is 6. The molecule has 5 heteroatoms. The van der Waals surface area contributed by atoms with E-state index in [1.165, 1.54) is 4.57 Å². The van der Waals surface area contributed by atoms with Crippen LogP contribution in [0, 0.1) is 0 Å². The van der Waals surface area contributed by atoms with Crippen LogP contribution in [0.25, 0.3) is 100 Å². The van der Waals surface area contributed by atoms with E-state index in [1.807, 2.05) is 127 Å². The van der Waals surface area contributed by atoms with Gasteiger partial charge >= 0.3 is 0 Å². The van der Waals surface area contributed by atoms with E-state index in [2.05, 4.69) is 0 Å². The molecule has 0 aliphatic heterocycles. The van der Waals surface area contributed by atoms with Crippen molar-refractivity contribution in [2.45, 2.75) is 0 Å². The minimum Gasteiger partial charge on any atom is -0.309 e. The maximum Gasteiger partial charge on any atom is 0.238 e. The summed E-state index contributed by atoms with van der Waals surface area (Å²) in [5.41, 5.74) is 5.23. The zero-order valence-corrected chi connectivity index (χ0v) is 29.5. The summed E-state index contributed by atoms with van der Waals surface area (Å²) in [7, 11) is 0. The fraction of sp³-hybridized carbons (Fsp3) is 0. The van der Waals surface area contributed by atoms with Crippen molar-refractivity contribution in [3.63, 3.8) is 0 Å². The van der Waals surface area contributed by atoms with Crippen LogP contribution >= 0.6 is 0 Å². The molecule has 0 saturated heterocycles. The van der Waals surface area contributed by atoms with Crippen LogP contribution in [0.3, 0.4) is 0 Å². The predicted molar refractivity (Wildman–Crippen MR) is 230 cm³/mol. The number of aromatic nitrogens is 5. The molecule has 8 aromatic carbocycles. The van der Waals surface area contributed by atoms with Gasteiger partial charge in [-0.05, 0) is 40.9 Å². The van der Waals surface area contributed by atoms with Gasteiger partial charge in [0.25, 0.3) is 0 Å². The summed E-state index contributed by atoms with van der Waals surface area (Å²) in [6, 6.07) is 38.9. The summed E-state index contributed by atoms with van der Waals surface area (Å²) in [4.78, 5) is 15.0. The molecule has 11 rings (SSSR count). The van der Waals surface area contributed by atoms with Crippen LogP contribution in [-0.2, 0) is 0 Å². The maximum absolute atomic E-state index is 9.83. The van der Waals surface area contributed by atoms with Gasteiger partial charge in [-0.15, -0.1) is 0 Å². The Morgan fingerprint density at radius 3 is 1.59 bits per heavy atom. The zero-order chi connectivity index (χ0) is 45.7. The van der Waals surface area contributed by atoms with Crippen molar-refractivity contribution >= 4 is 43.6 Å². The number of nitrogens with zero attached hydrogens (tertiary/aromatic N) is 5. The largest absolute Gasteiger partial charge is 0.309 e. The third-order valence-corrected chi connectivity index (χ3v) is 10.1. The van der Waals surface area contributed by atoms with Crippen LogP contribution in [0.15, 0.2) is 200 Å². The van der Waals surface area contributed by atoms with Gasteiger partial charge in [-0.3, -0.25) is 4.57 Å². The second kappa shape index (κ2) is 13.0. The van der Waals surface area contributed by atoms with Gasteiger partial charge in [-0.1, -0.05) is 176 Å². The Labute approximate surface area is 337 Å². The minimum atomic E-state index is -0.557. The average molecular weight is 726 g/mol. The molecule has 0 spiro atoms. The molecule has 0 atom stereocenters. The number of para-hydroxylation sites is 3. The minimum absolute atomic E-state index is 0.0192. The van der Waals surface area contributed by atoms with Crippen molar-refractivity contribution in [3.8, 4) is 56.7 Å². The highest BCUT2D eigenvalue weighted by atomic mass is 15.2. The summed E-state index contributed by atoms with van der Waals surface area (Å²) in [5.74, 6) is 0.384. The molecule has 0 aliphatic carbocycles. The summed E-state index contributed by atoms with van der Waals surface area (Å²) in [6.07, 6.45) is 0. The highest BCUT2D eigenvalue weighted by Gasteiger charge is 2.24. The lowest BCUT2D eigenvalue weighted by atomic mass is 10.0. The Morgan fingerprint density at radius 1 is 0.375 bits per heavy atom. The molecule has 11 aromatic rings. The lowest BCUT2D eigenvalue weighted by Crippen LogP contribution is -2.06. The molecule has 0 unspecified atom stereocenters. The van der Waals surface area contributed by atoms with E-state index in [9.17, 15) is 8.22 Å². The second-order valence-electron chi connectivity index (χ2n) is 13.3. The number of hydrogen-bond acceptors (Lipinski definition) is 3. The van der Waals surface area contributed by atoms with Crippen molar-refractivity contribution in [1.82, 2.24) is 24.1 Å². The third-order valence-electron chi connectivity index (χ3n) is 10.1. The van der Waals surface area contributed by atoms with Crippen LogP contribution in [0.1, 0.15) is 13.7 Å². The van der Waals surface area contributed by atoms with Crippen LogP contribution in [0.2, 0.25) is 0 Å². The highest BCUT2D eigenvalue weighted by molar-refractivity contribution is 6.26. The predicted octanol–water partition coefficient (Wildman–Crippen LogP) is 12.7. The molecule has 0 radical (unpaired) electrons. The SMILES string of the molecule is [2H]c1c([2H])c([2H])c2c(c1[2H])c1c(c([2H])c([2H])c3c4c([2H])c([2H])c([2H])c([2H])c4n(-c4nc(-c5ccccc5)nc(-c5ccc(-c6ccccc6)cc5)n4)c31)n2-c1ccccc1-c1ccccc1. The van der Waals surface area contributed by atoms with E-state index in [4.69, 9.17) is 20.4 Å². The van der Waals surface area contributed by atoms with Gasteiger partial charge in [0.2, 0.25) is 5.95 Å². The smallest absolute Gasteiger partial charge is 0.238 e. The van der Waals surface area contributed by atoms with E-state index in [0.29, 0.717) is 22.4 Å². The van der Waals surface area contributed by atoms with Crippen molar-refractivity contribution in [3.05, 3.63) is 200 Å². The van der Waals surface area contributed by atoms with Crippen molar-refractivity contribution < 1.29 is 13.7 Å². The Balaban J connectivity index is 1.36. The highest BCUT2D eigenvalue weighted by Crippen LogP contribution is 2.43. The normalized spacial score (nSPS) is 14.1. The molecule has 0 aliphatic rings. The lowest BCUT2D eigenvalue weighted by molar-refractivity contribution is 0.955. The van der Waals surface area contributed by atoms with E-state index < -0.39 is 48.3 Å². The molecule has 0 fully saturated rings. The molecule has 0 saturated carbocycles. The Kier molecular flexibility index (Phi) is 5.41. The van der Waals surface area contributed by atoms with E-state index in [1.54, 1.807) is 16.7 Å². The third kappa shape index (κ3) is 5.13. The molecular weight excluding hydrogens is 683 g/mol. The summed E-state index contributed by atoms with van der Waals surface area (Å²) in [5, 5.41) is 0.0242. The van der Waals surface area contributed by atoms with E-state index in [0.717, 1.165) is 16.7 Å². The first-order valence-corrected chi connectivity index (χ1v) is 18.1. The van der Waals surface area contributed by atoms with Gasteiger partial charge in [-0.2, -0.15) is 9.97 Å². The number of benzene rings is 8. The zero-order valence-electron chi connectivity index (χ0n) is 39.5. The fourth-order valence-corrected chi connectivity index (χ4v) is 7.55. The van der Waals surface area contributed by atoms with Gasteiger partial charge in [0, 0.05) is 38.2 Å². The van der Waals surface area contributed by atoms with Gasteiger partial charge in [0.15, 0.2) is 11.6 Å². The molecular formula is C51H33N5. The first-order chi connectivity index (χ1) is 32.0. The van der Waals surface area contributed by atoms with Gasteiger partial charge in [-0.25, -0.2) is 4.98 Å². The van der Waals surface area contributed by atoms with Crippen molar-refractivity contribution in [2.24, 2.45) is 0 Å². The summed E-state index contributed by atoms with van der Waals surface area (Å²) < 4.78 is 96.1. The quantitative estimate of drug-likeness (QED) is 0.171. The van der Waals surface area contributed by atoms with E-state index in [-0.39, 0.29) is 73.3 Å². The fourth-order valence-electron chi connectivity index (χ4n) is 7.55. The van der Waals surface area contributed by atoms with E-state index >= 15 is 0 Å². The molecule has 0 bridgehead atoms. The van der Waals surface area contributed by atoms with Crippen LogP contribution in [0.5, 0.6) is 0 Å². The topological polar surface area (TPSA) is 48.5 Å². The molecule has 5 nitrogen and oxygen atoms in total. The molecule has 56 heavy (non-hydrogen) atoms. The van der Waals surface area contributed by atoms with Crippen molar-refractivity contribution in [2.75, 3.05) is 0 Å². The van der Waals surface area contributed by atoms with Crippen LogP contribution < -0.4 is 0 Å². The van der Waals surface area contributed by atoms with Gasteiger partial charge in [0.05, 0.1) is 41.5 Å². The van der Waals surface area contributed by atoms with Crippen molar-refractivity contribution in [1.29, 1.82) is 0 Å². The van der Waals surface area contributed by atoms with Crippen LogP contribution in [-0.4, -0.2) is 24.1 Å². The van der Waals surface area contributed by atoms with Crippen LogP contribution in [0.4, 0.5) is 0 Å². The number of fused-ring (bicyclic) bond motifs is 7. The Bertz CT molecular complexity index is 3800. The molecule has 3 aromatic heterocycles. The lowest BCUT2D eigenvalue weighted by Gasteiger charge is -2.14. The van der Waals surface area contributed by atoms with Gasteiger partial charge in [0.1, 0.15) is 0 Å². The summed E-state index contributed by atoms with van der Waals surface area (Å²) in [6.45, 7) is 0. The molecule has 0 N–H and O–H groups in total. The summed E-state index contributed by atoms with van der Waals surface area (Å²) >= 11 is 0. The van der Waals surface area contributed by atoms with Gasteiger partial charge < -0.3 is 4.57 Å². The molecule has 0 amide bonds.